The third kappa shape index (κ3) is 16.7. The van der Waals surface area contributed by atoms with Crippen LogP contribution in [0.2, 0.25) is 0 Å². The van der Waals surface area contributed by atoms with Gasteiger partial charge in [0.25, 0.3) is 0 Å². The van der Waals surface area contributed by atoms with Gasteiger partial charge in [-0.1, -0.05) is 0 Å². The third-order valence-electron chi connectivity index (χ3n) is 2.75. The van der Waals surface area contributed by atoms with Crippen molar-refractivity contribution in [3.63, 3.8) is 0 Å². The first kappa shape index (κ1) is 36.1. The summed E-state index contributed by atoms with van der Waals surface area (Å²) in [4.78, 5) is 0. The van der Waals surface area contributed by atoms with Crippen molar-refractivity contribution in [2.24, 2.45) is 0 Å². The van der Waals surface area contributed by atoms with Gasteiger partial charge in [-0.2, -0.15) is 26.3 Å². The predicted octanol–water partition coefficient (Wildman–Crippen LogP) is -3.73. The van der Waals surface area contributed by atoms with Crippen LogP contribution in [0.25, 0.3) is 9.44 Å². The molecule has 176 valence electrons. The van der Waals surface area contributed by atoms with Crippen molar-refractivity contribution in [3.05, 3.63) is 9.44 Å². The maximum absolute atomic E-state index is 12.0. The van der Waals surface area contributed by atoms with Crippen molar-refractivity contribution in [2.45, 2.75) is 23.9 Å². The van der Waals surface area contributed by atoms with Gasteiger partial charge in [0.15, 0.2) is 20.0 Å². The Morgan fingerprint density at radius 2 is 0.806 bits per heavy atom. The molecule has 0 N–H and O–H groups in total. The van der Waals surface area contributed by atoms with E-state index in [4.69, 9.17) is 14.2 Å². The van der Waals surface area contributed by atoms with Gasteiger partial charge in [0.1, 0.15) is 0 Å². The van der Waals surface area contributed by atoms with Crippen LogP contribution in [-0.4, -0.2) is 80.6 Å². The van der Waals surface area contributed by atoms with Gasteiger partial charge in [-0.15, -0.1) is 13.1 Å². The third-order valence-corrected chi connectivity index (χ3v) is 4.96. The Morgan fingerprint density at radius 3 is 1.06 bits per heavy atom. The Labute approximate surface area is 200 Å². The number of nitrogens with zero attached hydrogens (tertiary/aromatic N) is 2. The molecule has 0 aromatic rings. The Balaban J connectivity index is -0.00000392. The molecule has 0 saturated heterocycles. The van der Waals surface area contributed by atoms with E-state index in [1.165, 1.54) is 0 Å². The quantitative estimate of drug-likeness (QED) is 0.122. The fourth-order valence-electron chi connectivity index (χ4n) is 1.39. The van der Waals surface area contributed by atoms with Gasteiger partial charge in [0.2, 0.25) is 0 Å². The molecule has 0 aliphatic rings. The van der Waals surface area contributed by atoms with E-state index in [0.717, 1.165) is 0 Å². The molecule has 19 heteroatoms. The molecule has 0 radical (unpaired) electrons. The molecular formula is C12H20F6Li2N2O7S2. The molecule has 0 unspecified atom stereocenters. The number of rotatable bonds is 16. The van der Waals surface area contributed by atoms with Gasteiger partial charge >= 0.3 is 48.7 Å². The van der Waals surface area contributed by atoms with Crippen molar-refractivity contribution in [1.82, 2.24) is 0 Å². The molecule has 0 heterocycles. The summed E-state index contributed by atoms with van der Waals surface area (Å²) in [5.74, 6) is 0. The number of sulfonamides is 2. The van der Waals surface area contributed by atoms with Crippen LogP contribution in [0.15, 0.2) is 0 Å². The molecule has 9 nitrogen and oxygen atoms in total. The minimum Gasteiger partial charge on any atom is -0.541 e. The van der Waals surface area contributed by atoms with E-state index in [1.54, 1.807) is 0 Å². The van der Waals surface area contributed by atoms with E-state index < -0.39 is 44.2 Å². The van der Waals surface area contributed by atoms with E-state index in [1.807, 2.05) is 0 Å². The number of ether oxygens (including phenoxy) is 3. The summed E-state index contributed by atoms with van der Waals surface area (Å²) >= 11 is 0. The maximum atomic E-state index is 12.0. The van der Waals surface area contributed by atoms with Crippen LogP contribution in [0.3, 0.4) is 0 Å². The number of hydrogen-bond acceptors (Lipinski definition) is 7. The maximum Gasteiger partial charge on any atom is 1.00 e. The standard InChI is InChI=1S/C12H20F6N2O7S2.2Li/c13-11(14,15)28(21,22)19-3-1-5-25-7-9-27-10-8-26-6-2-4-20-29(23,24)12(16,17)18;;/h1-10H2;;/q-2;2*+1. The predicted molar refractivity (Wildman–Crippen MR) is 88.1 cm³/mol. The molecule has 0 saturated carbocycles. The molecule has 0 aliphatic carbocycles. The minimum absolute atomic E-state index is 0. The Morgan fingerprint density at radius 1 is 0.548 bits per heavy atom. The average Bonchev–Trinajstić information content (AvgIpc) is 2.56. The molecule has 0 aromatic carbocycles. The molecule has 0 spiro atoms. The van der Waals surface area contributed by atoms with Crippen LogP contribution in [0.5, 0.6) is 0 Å². The number of halogens is 6. The molecule has 0 atom stereocenters. The first-order valence-corrected chi connectivity index (χ1v) is 10.8. The van der Waals surface area contributed by atoms with Crippen LogP contribution in [0.1, 0.15) is 12.8 Å². The van der Waals surface area contributed by atoms with Gasteiger partial charge in [0, 0.05) is 13.2 Å². The Kier molecular flexibility index (Phi) is 19.8. The normalized spacial score (nSPS) is 12.8. The van der Waals surface area contributed by atoms with Crippen molar-refractivity contribution in [3.8, 4) is 0 Å². The van der Waals surface area contributed by atoms with Gasteiger partial charge in [-0.3, -0.25) is 0 Å². The molecule has 0 amide bonds. The zero-order valence-electron chi connectivity index (χ0n) is 16.9. The summed E-state index contributed by atoms with van der Waals surface area (Å²) in [6, 6.07) is 0. The summed E-state index contributed by atoms with van der Waals surface area (Å²) < 4.78 is 134. The Hall–Kier alpha value is 0.475. The zero-order chi connectivity index (χ0) is 22.6. The molecule has 0 rings (SSSR count). The van der Waals surface area contributed by atoms with Crippen LogP contribution < -0.4 is 37.7 Å². The van der Waals surface area contributed by atoms with E-state index in [-0.39, 0.29) is 90.2 Å². The molecule has 0 bridgehead atoms. The SMILES string of the molecule is O=S(=O)([N-]CCCOCCOCCOCCC[N-]S(=O)(=O)C(F)(F)F)C(F)(F)F.[Li+].[Li+]. The second kappa shape index (κ2) is 17.0. The van der Waals surface area contributed by atoms with Crippen LogP contribution in [-0.2, 0) is 34.3 Å². The molecule has 31 heavy (non-hydrogen) atoms. The summed E-state index contributed by atoms with van der Waals surface area (Å²) in [7, 11) is -11.0. The summed E-state index contributed by atoms with van der Waals surface area (Å²) in [5.41, 5.74) is -10.8. The zero-order valence-corrected chi connectivity index (χ0v) is 18.5. The molecular weight excluding hydrogens is 476 g/mol. The summed E-state index contributed by atoms with van der Waals surface area (Å²) in [6.45, 7) is -0.788. The first-order chi connectivity index (χ1) is 13.2. The molecule has 0 aliphatic heterocycles. The van der Waals surface area contributed by atoms with Crippen LogP contribution in [0, 0.1) is 0 Å². The fraction of sp³-hybridized carbons (Fsp3) is 1.00. The van der Waals surface area contributed by atoms with Gasteiger partial charge in [0.05, 0.1) is 26.4 Å². The second-order valence-corrected chi connectivity index (χ2v) is 8.43. The van der Waals surface area contributed by atoms with Gasteiger partial charge < -0.3 is 23.7 Å². The summed E-state index contributed by atoms with van der Waals surface area (Å²) in [5, 5.41) is 0. The van der Waals surface area contributed by atoms with Gasteiger partial charge in [-0.25, -0.2) is 16.8 Å². The Bertz CT molecular complexity index is 607. The molecule has 0 aromatic heterocycles. The second-order valence-electron chi connectivity index (χ2n) is 5.09. The van der Waals surface area contributed by atoms with Crippen molar-refractivity contribution >= 4 is 20.0 Å². The van der Waals surface area contributed by atoms with E-state index in [2.05, 4.69) is 9.44 Å². The fourth-order valence-corrected chi connectivity index (χ4v) is 2.42. The largest absolute Gasteiger partial charge is 1.00 e. The van der Waals surface area contributed by atoms with E-state index in [9.17, 15) is 43.2 Å². The van der Waals surface area contributed by atoms with Crippen LogP contribution >= 0.6 is 0 Å². The number of alkyl halides is 6. The van der Waals surface area contributed by atoms with E-state index in [0.29, 0.717) is 0 Å². The topological polar surface area (TPSA) is 124 Å². The van der Waals surface area contributed by atoms with Crippen LogP contribution in [0.4, 0.5) is 26.3 Å². The number of hydrogen-bond donors (Lipinski definition) is 0. The van der Waals surface area contributed by atoms with E-state index >= 15 is 0 Å². The van der Waals surface area contributed by atoms with Crippen molar-refractivity contribution in [2.75, 3.05) is 52.7 Å². The summed E-state index contributed by atoms with van der Waals surface area (Å²) in [6.07, 6.45) is -0.0684. The minimum atomic E-state index is -5.48. The average molecular weight is 496 g/mol. The smallest absolute Gasteiger partial charge is 0.541 e. The van der Waals surface area contributed by atoms with Gasteiger partial charge in [-0.05, 0) is 12.8 Å². The van der Waals surface area contributed by atoms with Crippen molar-refractivity contribution < 1.29 is 95.1 Å². The monoisotopic (exact) mass is 496 g/mol. The molecule has 0 fully saturated rings. The van der Waals surface area contributed by atoms with Crippen molar-refractivity contribution in [1.29, 1.82) is 0 Å². The first-order valence-electron chi connectivity index (χ1n) is 7.94.